The molecule has 1 rings (SSSR count). The van der Waals surface area contributed by atoms with E-state index in [9.17, 15) is 0 Å². The smallest absolute Gasteiger partial charge is 0.129 e. The molecular weight excluding hydrogens is 186 g/mol. The van der Waals surface area contributed by atoms with Crippen LogP contribution >= 0.6 is 0 Å². The first kappa shape index (κ1) is 11.8. The van der Waals surface area contributed by atoms with Crippen LogP contribution in [-0.2, 0) is 0 Å². The second-order valence-corrected chi connectivity index (χ2v) is 3.89. The van der Waals surface area contributed by atoms with Crippen molar-refractivity contribution in [3.05, 3.63) is 17.8 Å². The molecule has 0 saturated carbocycles. The molecule has 0 bridgehead atoms. The van der Waals surface area contributed by atoms with E-state index >= 15 is 0 Å². The highest BCUT2D eigenvalue weighted by atomic mass is 15.2. The van der Waals surface area contributed by atoms with Crippen molar-refractivity contribution in [1.82, 2.24) is 4.98 Å². The van der Waals surface area contributed by atoms with Gasteiger partial charge in [0.2, 0.25) is 0 Å². The first-order valence-electron chi connectivity index (χ1n) is 5.59. The van der Waals surface area contributed by atoms with E-state index in [4.69, 9.17) is 5.73 Å². The highest BCUT2D eigenvalue weighted by Gasteiger charge is 2.12. The maximum atomic E-state index is 5.76. The number of nitrogens with zero attached hydrogens (tertiary/aromatic N) is 2. The van der Waals surface area contributed by atoms with Crippen molar-refractivity contribution >= 4 is 11.5 Å². The molecule has 0 radical (unpaired) electrons. The number of nitrogen functional groups attached to an aromatic ring is 1. The van der Waals surface area contributed by atoms with E-state index in [0.29, 0.717) is 6.04 Å². The predicted octanol–water partition coefficient (Wildman–Crippen LogP) is 2.60. The Morgan fingerprint density at radius 1 is 1.40 bits per heavy atom. The van der Waals surface area contributed by atoms with Crippen LogP contribution in [0.3, 0.4) is 0 Å². The van der Waals surface area contributed by atoms with E-state index in [1.807, 2.05) is 19.1 Å². The molecule has 0 saturated heterocycles. The van der Waals surface area contributed by atoms with Gasteiger partial charge >= 0.3 is 0 Å². The quantitative estimate of drug-likeness (QED) is 0.825. The van der Waals surface area contributed by atoms with Gasteiger partial charge in [-0.1, -0.05) is 6.92 Å². The number of rotatable bonds is 4. The highest BCUT2D eigenvalue weighted by molar-refractivity contribution is 5.50. The van der Waals surface area contributed by atoms with E-state index in [-0.39, 0.29) is 0 Å². The van der Waals surface area contributed by atoms with Crippen LogP contribution < -0.4 is 10.6 Å². The summed E-state index contributed by atoms with van der Waals surface area (Å²) in [5.74, 6) is 1.03. The van der Waals surface area contributed by atoms with Gasteiger partial charge in [0.25, 0.3) is 0 Å². The normalized spacial score (nSPS) is 12.5. The van der Waals surface area contributed by atoms with Crippen molar-refractivity contribution in [3.63, 3.8) is 0 Å². The summed E-state index contributed by atoms with van der Waals surface area (Å²) in [6.45, 7) is 9.49. The zero-order valence-corrected chi connectivity index (χ0v) is 10.1. The van der Waals surface area contributed by atoms with Gasteiger partial charge in [-0.2, -0.15) is 0 Å². The van der Waals surface area contributed by atoms with Gasteiger partial charge in [-0.25, -0.2) is 4.98 Å². The van der Waals surface area contributed by atoms with Crippen LogP contribution in [0.2, 0.25) is 0 Å². The fraction of sp³-hybridized carbons (Fsp3) is 0.583. The third-order valence-electron chi connectivity index (χ3n) is 2.87. The summed E-state index contributed by atoms with van der Waals surface area (Å²) in [6, 6.07) is 4.45. The summed E-state index contributed by atoms with van der Waals surface area (Å²) in [5.41, 5.74) is 7.43. The van der Waals surface area contributed by atoms with Gasteiger partial charge in [0.05, 0.1) is 11.4 Å². The van der Waals surface area contributed by atoms with Crippen molar-refractivity contribution in [1.29, 1.82) is 0 Å². The van der Waals surface area contributed by atoms with E-state index < -0.39 is 0 Å². The first-order valence-corrected chi connectivity index (χ1v) is 5.59. The Kier molecular flexibility index (Phi) is 3.95. The van der Waals surface area contributed by atoms with Crippen LogP contribution in [0.4, 0.5) is 11.5 Å². The van der Waals surface area contributed by atoms with Crippen LogP contribution in [0.25, 0.3) is 0 Å². The molecule has 1 heterocycles. The minimum absolute atomic E-state index is 0.519. The Labute approximate surface area is 92.3 Å². The molecule has 0 aliphatic rings. The van der Waals surface area contributed by atoms with Gasteiger partial charge in [0, 0.05) is 12.6 Å². The molecule has 0 spiro atoms. The number of hydrogen-bond acceptors (Lipinski definition) is 3. The van der Waals surface area contributed by atoms with E-state index in [0.717, 1.165) is 30.2 Å². The number of pyridine rings is 1. The Morgan fingerprint density at radius 2 is 2.07 bits per heavy atom. The highest BCUT2D eigenvalue weighted by Crippen LogP contribution is 2.18. The summed E-state index contributed by atoms with van der Waals surface area (Å²) in [7, 11) is 0. The van der Waals surface area contributed by atoms with Crippen LogP contribution in [-0.4, -0.2) is 17.6 Å². The van der Waals surface area contributed by atoms with E-state index in [1.54, 1.807) is 0 Å². The third-order valence-corrected chi connectivity index (χ3v) is 2.87. The predicted molar refractivity (Wildman–Crippen MR) is 66.2 cm³/mol. The Hall–Kier alpha value is -1.25. The Bertz CT molecular complexity index is 323. The average Bonchev–Trinajstić information content (AvgIpc) is 2.24. The minimum atomic E-state index is 0.519. The minimum Gasteiger partial charge on any atom is -0.397 e. The number of aromatic nitrogens is 1. The molecule has 0 aromatic carbocycles. The molecule has 15 heavy (non-hydrogen) atoms. The van der Waals surface area contributed by atoms with E-state index in [1.165, 1.54) is 0 Å². The lowest BCUT2D eigenvalue weighted by molar-refractivity contribution is 0.622. The molecule has 0 aliphatic carbocycles. The maximum Gasteiger partial charge on any atom is 0.129 e. The van der Waals surface area contributed by atoms with Crippen LogP contribution in [0.15, 0.2) is 12.1 Å². The molecule has 1 atom stereocenters. The summed E-state index contributed by atoms with van der Waals surface area (Å²) in [4.78, 5) is 6.81. The standard InChI is InChI=1S/C12H21N3/c1-5-9(3)15(6-2)12-8-7-11(13)10(4)14-12/h7-9H,5-6,13H2,1-4H3. The zero-order chi connectivity index (χ0) is 11.4. The van der Waals surface area contributed by atoms with Crippen molar-refractivity contribution in [3.8, 4) is 0 Å². The molecule has 0 amide bonds. The van der Waals surface area contributed by atoms with E-state index in [2.05, 4.69) is 30.7 Å². The van der Waals surface area contributed by atoms with Crippen LogP contribution in [0, 0.1) is 6.92 Å². The third kappa shape index (κ3) is 2.61. The van der Waals surface area contributed by atoms with Gasteiger partial charge in [-0.15, -0.1) is 0 Å². The van der Waals surface area contributed by atoms with Crippen molar-refractivity contribution < 1.29 is 0 Å². The maximum absolute atomic E-state index is 5.76. The molecule has 3 nitrogen and oxygen atoms in total. The summed E-state index contributed by atoms with van der Waals surface area (Å²) < 4.78 is 0. The molecule has 1 aromatic heterocycles. The summed E-state index contributed by atoms with van der Waals surface area (Å²) >= 11 is 0. The Morgan fingerprint density at radius 3 is 2.53 bits per heavy atom. The van der Waals surface area contributed by atoms with Crippen molar-refractivity contribution in [2.75, 3.05) is 17.2 Å². The number of nitrogens with two attached hydrogens (primary N) is 1. The van der Waals surface area contributed by atoms with Crippen molar-refractivity contribution in [2.24, 2.45) is 0 Å². The number of hydrogen-bond donors (Lipinski definition) is 1. The van der Waals surface area contributed by atoms with Gasteiger partial charge < -0.3 is 10.6 Å². The summed E-state index contributed by atoms with van der Waals surface area (Å²) in [5, 5.41) is 0. The topological polar surface area (TPSA) is 42.1 Å². The zero-order valence-electron chi connectivity index (χ0n) is 10.1. The lowest BCUT2D eigenvalue weighted by Gasteiger charge is -2.28. The molecule has 1 unspecified atom stereocenters. The molecule has 2 N–H and O–H groups in total. The molecular formula is C12H21N3. The fourth-order valence-corrected chi connectivity index (χ4v) is 1.64. The van der Waals surface area contributed by atoms with Gasteiger partial charge in [0.15, 0.2) is 0 Å². The molecule has 0 fully saturated rings. The van der Waals surface area contributed by atoms with Gasteiger partial charge in [-0.3, -0.25) is 0 Å². The van der Waals surface area contributed by atoms with Gasteiger partial charge in [0.1, 0.15) is 5.82 Å². The largest absolute Gasteiger partial charge is 0.397 e. The monoisotopic (exact) mass is 207 g/mol. The Balaban J connectivity index is 2.97. The molecule has 0 aliphatic heterocycles. The lowest BCUT2D eigenvalue weighted by atomic mass is 10.2. The number of aryl methyl sites for hydroxylation is 1. The van der Waals surface area contributed by atoms with Crippen LogP contribution in [0.1, 0.15) is 32.9 Å². The molecule has 1 aromatic rings. The number of anilines is 2. The van der Waals surface area contributed by atoms with Crippen molar-refractivity contribution in [2.45, 2.75) is 40.2 Å². The fourth-order valence-electron chi connectivity index (χ4n) is 1.64. The average molecular weight is 207 g/mol. The lowest BCUT2D eigenvalue weighted by Crippen LogP contribution is -2.33. The molecule has 3 heteroatoms. The second kappa shape index (κ2) is 5.01. The first-order chi connectivity index (χ1) is 7.10. The van der Waals surface area contributed by atoms with Crippen LogP contribution in [0.5, 0.6) is 0 Å². The van der Waals surface area contributed by atoms with Gasteiger partial charge in [-0.05, 0) is 39.3 Å². The SMILES string of the molecule is CCC(C)N(CC)c1ccc(N)c(C)n1. The second-order valence-electron chi connectivity index (χ2n) is 3.89. The summed E-state index contributed by atoms with van der Waals surface area (Å²) in [6.07, 6.45) is 1.12. The molecule has 84 valence electrons.